The lowest BCUT2D eigenvalue weighted by molar-refractivity contribution is 0.262. The quantitative estimate of drug-likeness (QED) is 0.605. The third kappa shape index (κ3) is 4.71. The Morgan fingerprint density at radius 2 is 1.94 bits per heavy atom. The summed E-state index contributed by atoms with van der Waals surface area (Å²) in [5, 5.41) is 5.96. The van der Waals surface area contributed by atoms with Gasteiger partial charge in [-0.3, -0.25) is 5.32 Å². The fourth-order valence-corrected chi connectivity index (χ4v) is 5.82. The maximum Gasteiger partial charge on any atom is 0.325 e. The second-order valence-corrected chi connectivity index (χ2v) is 10.1. The highest BCUT2D eigenvalue weighted by Crippen LogP contribution is 2.31. The summed E-state index contributed by atoms with van der Waals surface area (Å²) >= 11 is 1.29. The Morgan fingerprint density at radius 1 is 1.16 bits per heavy atom. The molecule has 3 aromatic rings. The molecule has 4 rings (SSSR count). The number of rotatable bonds is 5. The number of aromatic nitrogens is 1. The average molecular weight is 459 g/mol. The van der Waals surface area contributed by atoms with Crippen LogP contribution >= 0.6 is 11.3 Å². The van der Waals surface area contributed by atoms with Crippen LogP contribution < -0.4 is 15.4 Å². The van der Waals surface area contributed by atoms with Gasteiger partial charge in [0.1, 0.15) is 5.75 Å². The van der Waals surface area contributed by atoms with E-state index in [4.69, 9.17) is 4.74 Å². The number of hydrogen-bond donors (Lipinski definition) is 2. The summed E-state index contributed by atoms with van der Waals surface area (Å²) in [6.45, 7) is 2.51. The zero-order valence-corrected chi connectivity index (χ0v) is 18.7. The molecule has 0 spiro atoms. The first-order valence-electron chi connectivity index (χ1n) is 9.62. The molecule has 0 unspecified atom stereocenters. The van der Waals surface area contributed by atoms with E-state index in [9.17, 15) is 13.2 Å². The number of fused-ring (bicyclic) bond motifs is 1. The predicted octanol–water partition coefficient (Wildman–Crippen LogP) is 3.85. The summed E-state index contributed by atoms with van der Waals surface area (Å²) in [5.41, 5.74) is 2.55. The maximum atomic E-state index is 13.0. The number of aryl methyl sites for hydroxylation is 1. The monoisotopic (exact) mass is 458 g/mol. The molecule has 0 fully saturated rings. The number of carbonyl (C=O) groups is 1. The summed E-state index contributed by atoms with van der Waals surface area (Å²) in [5.74, 6) is 0.599. The minimum Gasteiger partial charge on any atom is -0.497 e. The standard InChI is InChI=1S/C21H22N4O4S2/c1-14-4-3-5-15(12-14)22-20(26)24-21-23-18-10-11-25(13-19(18)30-21)31(27,28)17-8-6-16(29-2)7-9-17/h3-9,12H,10-11,13H2,1-2H3,(H2,22,23,24,26). The smallest absolute Gasteiger partial charge is 0.325 e. The van der Waals surface area contributed by atoms with Gasteiger partial charge in [-0.25, -0.2) is 18.2 Å². The molecule has 162 valence electrons. The number of ether oxygens (including phenoxy) is 1. The molecule has 1 aliphatic rings. The lowest BCUT2D eigenvalue weighted by atomic mass is 10.2. The normalized spacial score (nSPS) is 14.0. The zero-order valence-electron chi connectivity index (χ0n) is 17.1. The number of thiazole rings is 1. The van der Waals surface area contributed by atoms with Crippen LogP contribution in [0.2, 0.25) is 0 Å². The van der Waals surface area contributed by atoms with E-state index in [0.717, 1.165) is 16.1 Å². The molecule has 2 N–H and O–H groups in total. The third-order valence-corrected chi connectivity index (χ3v) is 7.75. The Morgan fingerprint density at radius 3 is 2.65 bits per heavy atom. The predicted molar refractivity (Wildman–Crippen MR) is 120 cm³/mol. The van der Waals surface area contributed by atoms with Crippen molar-refractivity contribution in [3.63, 3.8) is 0 Å². The van der Waals surface area contributed by atoms with E-state index in [-0.39, 0.29) is 17.5 Å². The molecular weight excluding hydrogens is 436 g/mol. The summed E-state index contributed by atoms with van der Waals surface area (Å²) in [6, 6.07) is 13.4. The highest BCUT2D eigenvalue weighted by Gasteiger charge is 2.30. The van der Waals surface area contributed by atoms with Crippen molar-refractivity contribution < 1.29 is 17.9 Å². The molecule has 0 saturated carbocycles. The van der Waals surface area contributed by atoms with Crippen LogP contribution in [0.5, 0.6) is 5.75 Å². The molecule has 2 heterocycles. The number of sulfonamides is 1. The van der Waals surface area contributed by atoms with Crippen LogP contribution in [0, 0.1) is 6.92 Å². The molecule has 0 atom stereocenters. The molecule has 10 heteroatoms. The molecule has 1 aliphatic heterocycles. The van der Waals surface area contributed by atoms with Crippen molar-refractivity contribution in [2.45, 2.75) is 24.8 Å². The number of amides is 2. The molecule has 2 aromatic carbocycles. The van der Waals surface area contributed by atoms with E-state index in [2.05, 4.69) is 15.6 Å². The van der Waals surface area contributed by atoms with E-state index in [1.165, 1.54) is 22.8 Å². The number of carbonyl (C=O) groups excluding carboxylic acids is 1. The minimum atomic E-state index is -3.63. The van der Waals surface area contributed by atoms with Crippen molar-refractivity contribution in [3.8, 4) is 5.75 Å². The Labute approximate surface area is 184 Å². The van der Waals surface area contributed by atoms with Crippen molar-refractivity contribution in [3.05, 3.63) is 64.7 Å². The van der Waals surface area contributed by atoms with Crippen molar-refractivity contribution in [1.82, 2.24) is 9.29 Å². The second-order valence-electron chi connectivity index (χ2n) is 7.10. The fourth-order valence-electron chi connectivity index (χ4n) is 3.31. The first-order valence-corrected chi connectivity index (χ1v) is 11.9. The lowest BCUT2D eigenvalue weighted by Crippen LogP contribution is -2.35. The van der Waals surface area contributed by atoms with Crippen LogP contribution in [0.1, 0.15) is 16.1 Å². The van der Waals surface area contributed by atoms with E-state index in [1.54, 1.807) is 30.3 Å². The van der Waals surface area contributed by atoms with Crippen LogP contribution in [-0.2, 0) is 23.0 Å². The van der Waals surface area contributed by atoms with Crippen LogP contribution in [0.4, 0.5) is 15.6 Å². The number of benzene rings is 2. The molecule has 31 heavy (non-hydrogen) atoms. The first-order chi connectivity index (χ1) is 14.8. The molecule has 0 saturated heterocycles. The Kier molecular flexibility index (Phi) is 5.94. The van der Waals surface area contributed by atoms with Gasteiger partial charge < -0.3 is 10.1 Å². The van der Waals surface area contributed by atoms with Gasteiger partial charge in [0.25, 0.3) is 0 Å². The number of anilines is 2. The SMILES string of the molecule is COc1ccc(S(=O)(=O)N2CCc3nc(NC(=O)Nc4cccc(C)c4)sc3C2)cc1. The number of nitrogens with zero attached hydrogens (tertiary/aromatic N) is 2. The number of urea groups is 1. The van der Waals surface area contributed by atoms with Crippen molar-refractivity contribution in [2.75, 3.05) is 24.3 Å². The Balaban J connectivity index is 1.44. The number of hydrogen-bond acceptors (Lipinski definition) is 6. The largest absolute Gasteiger partial charge is 0.497 e. The Bertz CT molecular complexity index is 1210. The molecule has 0 aliphatic carbocycles. The van der Waals surface area contributed by atoms with E-state index >= 15 is 0 Å². The summed E-state index contributed by atoms with van der Waals surface area (Å²) in [6.07, 6.45) is 0.488. The average Bonchev–Trinajstić information content (AvgIpc) is 3.15. The van der Waals surface area contributed by atoms with Crippen molar-refractivity contribution >= 4 is 38.2 Å². The van der Waals surface area contributed by atoms with Crippen molar-refractivity contribution in [2.24, 2.45) is 0 Å². The van der Waals surface area contributed by atoms with Gasteiger partial charge in [-0.05, 0) is 48.9 Å². The minimum absolute atomic E-state index is 0.220. The summed E-state index contributed by atoms with van der Waals surface area (Å²) < 4.78 is 32.5. The summed E-state index contributed by atoms with van der Waals surface area (Å²) in [7, 11) is -2.10. The second kappa shape index (κ2) is 8.66. The van der Waals surface area contributed by atoms with Crippen LogP contribution in [0.25, 0.3) is 0 Å². The van der Waals surface area contributed by atoms with Gasteiger partial charge in [0.05, 0.1) is 24.2 Å². The van der Waals surface area contributed by atoms with E-state index in [1.807, 2.05) is 25.1 Å². The fraction of sp³-hybridized carbons (Fsp3) is 0.238. The van der Waals surface area contributed by atoms with E-state index < -0.39 is 10.0 Å². The first kappa shape index (κ1) is 21.3. The Hall–Kier alpha value is -2.95. The van der Waals surface area contributed by atoms with Crippen LogP contribution in [-0.4, -0.2) is 37.4 Å². The lowest BCUT2D eigenvalue weighted by Gasteiger charge is -2.25. The molecular formula is C21H22N4O4S2. The highest BCUT2D eigenvalue weighted by atomic mass is 32.2. The van der Waals surface area contributed by atoms with Gasteiger partial charge in [0.2, 0.25) is 10.0 Å². The van der Waals surface area contributed by atoms with E-state index in [0.29, 0.717) is 29.5 Å². The van der Waals surface area contributed by atoms with Crippen molar-refractivity contribution in [1.29, 1.82) is 0 Å². The topological polar surface area (TPSA) is 101 Å². The third-order valence-electron chi connectivity index (χ3n) is 4.89. The van der Waals surface area contributed by atoms with Gasteiger partial charge >= 0.3 is 6.03 Å². The number of nitrogens with one attached hydrogen (secondary N) is 2. The highest BCUT2D eigenvalue weighted by molar-refractivity contribution is 7.89. The number of methoxy groups -OCH3 is 1. The van der Waals surface area contributed by atoms with Gasteiger partial charge in [-0.2, -0.15) is 4.31 Å². The maximum absolute atomic E-state index is 13.0. The van der Waals surface area contributed by atoms with Gasteiger partial charge in [0, 0.05) is 23.5 Å². The van der Waals surface area contributed by atoms with Gasteiger partial charge in [-0.15, -0.1) is 0 Å². The molecule has 2 amide bonds. The van der Waals surface area contributed by atoms with Crippen LogP contribution in [0.3, 0.4) is 0 Å². The van der Waals surface area contributed by atoms with Gasteiger partial charge in [0.15, 0.2) is 5.13 Å². The molecule has 0 bridgehead atoms. The molecule has 0 radical (unpaired) electrons. The molecule has 1 aromatic heterocycles. The zero-order chi connectivity index (χ0) is 22.0. The molecule has 8 nitrogen and oxygen atoms in total. The van der Waals surface area contributed by atoms with Crippen LogP contribution in [0.15, 0.2) is 53.4 Å². The summed E-state index contributed by atoms with van der Waals surface area (Å²) in [4.78, 5) is 17.8. The van der Waals surface area contributed by atoms with Gasteiger partial charge in [-0.1, -0.05) is 23.5 Å².